The molecule has 0 bridgehead atoms. The van der Waals surface area contributed by atoms with Crippen LogP contribution in [0, 0.1) is 25.2 Å². The molecule has 126 valence electrons. The Morgan fingerprint density at radius 3 is 2.54 bits per heavy atom. The van der Waals surface area contributed by atoms with Crippen LogP contribution in [0.25, 0.3) is 0 Å². The van der Waals surface area contributed by atoms with E-state index in [1.54, 1.807) is 0 Å². The quantitative estimate of drug-likeness (QED) is 0.805. The molecule has 8 heteroatoms. The lowest BCUT2D eigenvalue weighted by Crippen LogP contribution is -2.27. The lowest BCUT2D eigenvalue weighted by molar-refractivity contribution is -0.207. The highest BCUT2D eigenvalue weighted by Gasteiger charge is 2.46. The largest absolute Gasteiger partial charge is 0.444 e. The normalized spacial score (nSPS) is 12.5. The van der Waals surface area contributed by atoms with Gasteiger partial charge >= 0.3 is 12.1 Å². The summed E-state index contributed by atoms with van der Waals surface area (Å²) in [6.45, 7) is 2.89. The van der Waals surface area contributed by atoms with Crippen LogP contribution in [0.4, 0.5) is 13.2 Å². The number of aromatic nitrogens is 2. The topological polar surface area (TPSA) is 67.9 Å². The second-order valence-electron chi connectivity index (χ2n) is 5.23. The highest BCUT2D eigenvalue weighted by molar-refractivity contribution is 5.90. The molecule has 0 radical (unpaired) electrons. The van der Waals surface area contributed by atoms with Crippen molar-refractivity contribution in [3.05, 3.63) is 52.3 Å². The minimum Gasteiger partial charge on any atom is -0.444 e. The summed E-state index contributed by atoms with van der Waals surface area (Å²) in [4.78, 5) is 12.1. The number of aryl methyl sites for hydroxylation is 2. The van der Waals surface area contributed by atoms with Crippen LogP contribution < -0.4 is 0 Å². The zero-order valence-electron chi connectivity index (χ0n) is 13.2. The van der Waals surface area contributed by atoms with Crippen LogP contribution in [0.15, 0.2) is 24.3 Å². The zero-order valence-corrected chi connectivity index (χ0v) is 13.2. The van der Waals surface area contributed by atoms with Crippen LogP contribution >= 0.6 is 0 Å². The van der Waals surface area contributed by atoms with E-state index in [0.717, 1.165) is 0 Å². The van der Waals surface area contributed by atoms with Crippen molar-refractivity contribution in [2.24, 2.45) is 7.05 Å². The zero-order chi connectivity index (χ0) is 18.1. The number of alkyl halides is 3. The molecule has 2 rings (SSSR count). The first-order chi connectivity index (χ1) is 11.1. The van der Waals surface area contributed by atoms with Gasteiger partial charge in [0.25, 0.3) is 0 Å². The van der Waals surface area contributed by atoms with Crippen LogP contribution in [-0.2, 0) is 11.8 Å². The number of nitriles is 1. The van der Waals surface area contributed by atoms with E-state index in [9.17, 15) is 18.0 Å². The van der Waals surface area contributed by atoms with Crippen molar-refractivity contribution in [2.75, 3.05) is 0 Å². The van der Waals surface area contributed by atoms with Crippen molar-refractivity contribution in [3.8, 4) is 6.07 Å². The summed E-state index contributed by atoms with van der Waals surface area (Å²) in [6, 6.07) is 7.13. The molecule has 1 atom stereocenters. The number of esters is 1. The third-order valence-electron chi connectivity index (χ3n) is 3.58. The Hall–Kier alpha value is -2.82. The molecule has 0 aliphatic carbocycles. The molecule has 5 nitrogen and oxygen atoms in total. The molecule has 0 saturated carbocycles. The maximum Gasteiger partial charge on any atom is 0.430 e. The summed E-state index contributed by atoms with van der Waals surface area (Å²) >= 11 is 0. The van der Waals surface area contributed by atoms with Crippen LogP contribution in [-0.4, -0.2) is 21.9 Å². The maximum absolute atomic E-state index is 13.4. The first-order valence-corrected chi connectivity index (χ1v) is 6.93. The summed E-state index contributed by atoms with van der Waals surface area (Å²) < 4.78 is 46.3. The van der Waals surface area contributed by atoms with E-state index in [4.69, 9.17) is 10.00 Å². The van der Waals surface area contributed by atoms with Crippen LogP contribution in [0.1, 0.15) is 39.0 Å². The SMILES string of the molecule is Cc1nn(C)c(C)c1[C@@H](OC(=O)c1cccc(C#N)c1)C(F)(F)F. The molecule has 1 aromatic heterocycles. The Labute approximate surface area is 136 Å². The number of hydrogen-bond donors (Lipinski definition) is 0. The molecule has 24 heavy (non-hydrogen) atoms. The predicted molar refractivity (Wildman–Crippen MR) is 78.1 cm³/mol. The van der Waals surface area contributed by atoms with Crippen LogP contribution in [0.2, 0.25) is 0 Å². The fourth-order valence-corrected chi connectivity index (χ4v) is 2.35. The van der Waals surface area contributed by atoms with Crippen molar-refractivity contribution >= 4 is 5.97 Å². The van der Waals surface area contributed by atoms with Crippen molar-refractivity contribution in [2.45, 2.75) is 26.1 Å². The van der Waals surface area contributed by atoms with Gasteiger partial charge in [-0.05, 0) is 32.0 Å². The highest BCUT2D eigenvalue weighted by atomic mass is 19.4. The van der Waals surface area contributed by atoms with E-state index >= 15 is 0 Å². The molecule has 0 fully saturated rings. The molecular weight excluding hydrogens is 323 g/mol. The van der Waals surface area contributed by atoms with Crippen molar-refractivity contribution in [1.29, 1.82) is 5.26 Å². The molecule has 1 aromatic carbocycles. The molecule has 0 unspecified atom stereocenters. The molecule has 0 N–H and O–H groups in total. The number of nitrogens with zero attached hydrogens (tertiary/aromatic N) is 3. The molecule has 0 aliphatic rings. The highest BCUT2D eigenvalue weighted by Crippen LogP contribution is 2.39. The average Bonchev–Trinajstić information content (AvgIpc) is 2.76. The van der Waals surface area contributed by atoms with Gasteiger partial charge in [0, 0.05) is 18.3 Å². The number of carbonyl (C=O) groups excluding carboxylic acids is 1. The molecule has 2 aromatic rings. The van der Waals surface area contributed by atoms with Gasteiger partial charge < -0.3 is 4.74 Å². The Kier molecular flexibility index (Phi) is 4.64. The van der Waals surface area contributed by atoms with Gasteiger partial charge in [-0.2, -0.15) is 23.5 Å². The second kappa shape index (κ2) is 6.35. The van der Waals surface area contributed by atoms with Gasteiger partial charge in [0.2, 0.25) is 6.10 Å². The molecule has 0 saturated heterocycles. The van der Waals surface area contributed by atoms with Crippen molar-refractivity contribution < 1.29 is 22.7 Å². The smallest absolute Gasteiger partial charge is 0.430 e. The second-order valence-corrected chi connectivity index (χ2v) is 5.23. The van der Waals surface area contributed by atoms with Crippen molar-refractivity contribution in [1.82, 2.24) is 9.78 Å². The van der Waals surface area contributed by atoms with E-state index < -0.39 is 18.2 Å². The molecular formula is C16H14F3N3O2. The van der Waals surface area contributed by atoms with E-state index in [0.29, 0.717) is 0 Å². The first kappa shape index (κ1) is 17.5. The predicted octanol–water partition coefficient (Wildman–Crippen LogP) is 3.37. The van der Waals surface area contributed by atoms with Gasteiger partial charge in [0.1, 0.15) is 0 Å². The van der Waals surface area contributed by atoms with Gasteiger partial charge in [-0.15, -0.1) is 0 Å². The average molecular weight is 337 g/mol. The molecule has 0 amide bonds. The lowest BCUT2D eigenvalue weighted by atomic mass is 10.1. The number of carbonyl (C=O) groups is 1. The Morgan fingerprint density at radius 2 is 2.04 bits per heavy atom. The molecule has 0 spiro atoms. The number of ether oxygens (including phenoxy) is 1. The Bertz CT molecular complexity index is 819. The van der Waals surface area contributed by atoms with Crippen LogP contribution in [0.5, 0.6) is 0 Å². The fourth-order valence-electron chi connectivity index (χ4n) is 2.35. The van der Waals surface area contributed by atoms with E-state index in [-0.39, 0.29) is 28.1 Å². The minimum absolute atomic E-state index is 0.123. The summed E-state index contributed by atoms with van der Waals surface area (Å²) in [5.41, 5.74) is 0.239. The maximum atomic E-state index is 13.4. The Balaban J connectivity index is 2.40. The van der Waals surface area contributed by atoms with Gasteiger partial charge in [-0.3, -0.25) is 4.68 Å². The third kappa shape index (κ3) is 3.40. The third-order valence-corrected chi connectivity index (χ3v) is 3.58. The van der Waals surface area contributed by atoms with Gasteiger partial charge in [0.15, 0.2) is 0 Å². The monoisotopic (exact) mass is 337 g/mol. The minimum atomic E-state index is -4.79. The number of benzene rings is 1. The van der Waals surface area contributed by atoms with Crippen molar-refractivity contribution in [3.63, 3.8) is 0 Å². The number of halogens is 3. The number of hydrogen-bond acceptors (Lipinski definition) is 4. The van der Waals surface area contributed by atoms with E-state index in [1.807, 2.05) is 6.07 Å². The van der Waals surface area contributed by atoms with E-state index in [1.165, 1.54) is 49.8 Å². The van der Waals surface area contributed by atoms with Gasteiger partial charge in [-0.1, -0.05) is 6.07 Å². The van der Waals surface area contributed by atoms with Crippen LogP contribution in [0.3, 0.4) is 0 Å². The molecule has 1 heterocycles. The summed E-state index contributed by atoms with van der Waals surface area (Å²) in [7, 11) is 1.51. The summed E-state index contributed by atoms with van der Waals surface area (Å²) in [5, 5.41) is 12.8. The first-order valence-electron chi connectivity index (χ1n) is 6.93. The molecule has 0 aliphatic heterocycles. The van der Waals surface area contributed by atoms with Gasteiger partial charge in [0.05, 0.1) is 22.9 Å². The number of rotatable bonds is 3. The summed E-state index contributed by atoms with van der Waals surface area (Å²) in [6.07, 6.45) is -7.22. The van der Waals surface area contributed by atoms with E-state index in [2.05, 4.69) is 5.10 Å². The van der Waals surface area contributed by atoms with Gasteiger partial charge in [-0.25, -0.2) is 4.79 Å². The Morgan fingerprint density at radius 1 is 1.38 bits per heavy atom. The standard InChI is InChI=1S/C16H14F3N3O2/c1-9-13(10(2)22(3)21-9)14(16(17,18)19)24-15(23)12-6-4-5-11(7-12)8-20/h4-7,14H,1-3H3/t14-/m1/s1. The summed E-state index contributed by atoms with van der Waals surface area (Å²) in [5.74, 6) is -1.16. The lowest BCUT2D eigenvalue weighted by Gasteiger charge is -2.21. The fraction of sp³-hybridized carbons (Fsp3) is 0.312.